The van der Waals surface area contributed by atoms with E-state index in [4.69, 9.17) is 0 Å². The van der Waals surface area contributed by atoms with Gasteiger partial charge in [0, 0.05) is 17.4 Å². The Morgan fingerprint density at radius 3 is 2.00 bits per heavy atom. The third kappa shape index (κ3) is 1.86. The molecule has 2 heteroatoms. The van der Waals surface area contributed by atoms with Crippen LogP contribution in [0.3, 0.4) is 0 Å². The fraction of sp³-hybridized carbons (Fsp3) is 0.533. The van der Waals surface area contributed by atoms with Gasteiger partial charge in [-0.2, -0.15) is 0 Å². The molecule has 2 rings (SSSR count). The zero-order chi connectivity index (χ0) is 12.8. The van der Waals surface area contributed by atoms with Crippen LogP contribution >= 0.6 is 0 Å². The van der Waals surface area contributed by atoms with E-state index >= 15 is 0 Å². The van der Waals surface area contributed by atoms with Crippen LogP contribution < -0.4 is 5.32 Å². The lowest BCUT2D eigenvalue weighted by atomic mass is 9.68. The van der Waals surface area contributed by atoms with Gasteiger partial charge < -0.3 is 5.32 Å². The quantitative estimate of drug-likeness (QED) is 0.791. The predicted octanol–water partition coefficient (Wildman–Crippen LogP) is 2.86. The lowest BCUT2D eigenvalue weighted by Gasteiger charge is -2.38. The normalized spacial score (nSPS) is 27.0. The Morgan fingerprint density at radius 2 is 1.59 bits per heavy atom. The Balaban J connectivity index is 2.55. The summed E-state index contributed by atoms with van der Waals surface area (Å²) < 4.78 is 0. The van der Waals surface area contributed by atoms with Crippen LogP contribution in [0.15, 0.2) is 18.2 Å². The molecule has 92 valence electrons. The second-order valence-corrected chi connectivity index (χ2v) is 6.06. The molecular weight excluding hydrogens is 210 g/mol. The van der Waals surface area contributed by atoms with Gasteiger partial charge in [-0.15, -0.1) is 0 Å². The molecule has 0 aliphatic carbocycles. The van der Waals surface area contributed by atoms with Crippen LogP contribution in [0.5, 0.6) is 0 Å². The molecule has 1 fully saturated rings. The van der Waals surface area contributed by atoms with Crippen LogP contribution in [0, 0.1) is 13.8 Å². The second-order valence-electron chi connectivity index (χ2n) is 6.06. The Bertz CT molecular complexity index is 456. The molecule has 1 amide bonds. The van der Waals surface area contributed by atoms with Crippen molar-refractivity contribution < 1.29 is 4.79 Å². The Kier molecular flexibility index (Phi) is 2.57. The number of hydrogen-bond donors (Lipinski definition) is 1. The molecule has 1 heterocycles. The van der Waals surface area contributed by atoms with E-state index < -0.39 is 0 Å². The van der Waals surface area contributed by atoms with E-state index in [0.29, 0.717) is 6.42 Å². The molecular formula is C15H21NO. The van der Waals surface area contributed by atoms with E-state index in [2.05, 4.69) is 58.1 Å². The maximum Gasteiger partial charge on any atom is 0.221 e. The first-order valence-corrected chi connectivity index (χ1v) is 6.14. The number of nitrogens with one attached hydrogen (secondary N) is 1. The molecule has 17 heavy (non-hydrogen) atoms. The number of hydrogen-bond acceptors (Lipinski definition) is 1. The molecule has 1 saturated heterocycles. The fourth-order valence-electron chi connectivity index (χ4n) is 2.83. The smallest absolute Gasteiger partial charge is 0.221 e. The van der Waals surface area contributed by atoms with Crippen LogP contribution in [-0.4, -0.2) is 11.4 Å². The summed E-state index contributed by atoms with van der Waals surface area (Å²) >= 11 is 0. The van der Waals surface area contributed by atoms with E-state index in [0.717, 1.165) is 0 Å². The van der Waals surface area contributed by atoms with Gasteiger partial charge in [-0.05, 0) is 33.3 Å². The lowest BCUT2D eigenvalue weighted by Crippen LogP contribution is -2.48. The molecule has 2 nitrogen and oxygen atoms in total. The van der Waals surface area contributed by atoms with Crippen molar-refractivity contribution in [2.24, 2.45) is 0 Å². The minimum absolute atomic E-state index is 0.124. The molecule has 0 bridgehead atoms. The summed E-state index contributed by atoms with van der Waals surface area (Å²) in [5.74, 6) is 0.150. The standard InChI is InChI=1S/C15H21NO/c1-10-6-11(2)8-12(7-10)15(5)9-13(17)16-14(15,3)4/h6-8H,9H2,1-5H3,(H,16,17). The van der Waals surface area contributed by atoms with Crippen molar-refractivity contribution in [3.05, 3.63) is 34.9 Å². The van der Waals surface area contributed by atoms with Crippen molar-refractivity contribution in [1.82, 2.24) is 5.32 Å². The Hall–Kier alpha value is -1.31. The highest BCUT2D eigenvalue weighted by molar-refractivity contribution is 5.82. The van der Waals surface area contributed by atoms with Crippen molar-refractivity contribution in [3.8, 4) is 0 Å². The average Bonchev–Trinajstić information content (AvgIpc) is 2.34. The van der Waals surface area contributed by atoms with E-state index in [-0.39, 0.29) is 16.9 Å². The highest BCUT2D eigenvalue weighted by Gasteiger charge is 2.50. The van der Waals surface area contributed by atoms with Crippen molar-refractivity contribution in [2.75, 3.05) is 0 Å². The maximum atomic E-state index is 11.7. The molecule has 0 saturated carbocycles. The molecule has 1 unspecified atom stereocenters. The largest absolute Gasteiger partial charge is 0.350 e. The summed E-state index contributed by atoms with van der Waals surface area (Å²) in [6, 6.07) is 6.58. The summed E-state index contributed by atoms with van der Waals surface area (Å²) in [5, 5.41) is 3.08. The molecule has 0 radical (unpaired) electrons. The van der Waals surface area contributed by atoms with Gasteiger partial charge in [0.05, 0.1) is 0 Å². The second kappa shape index (κ2) is 3.59. The third-order valence-electron chi connectivity index (χ3n) is 4.20. The zero-order valence-corrected chi connectivity index (χ0v) is 11.3. The minimum atomic E-state index is -0.190. The fourth-order valence-corrected chi connectivity index (χ4v) is 2.83. The van der Waals surface area contributed by atoms with Gasteiger partial charge in [0.25, 0.3) is 0 Å². The molecule has 1 aromatic rings. The highest BCUT2D eigenvalue weighted by atomic mass is 16.2. The van der Waals surface area contributed by atoms with Crippen molar-refractivity contribution in [1.29, 1.82) is 0 Å². The number of carbonyl (C=O) groups is 1. The molecule has 0 spiro atoms. The summed E-state index contributed by atoms with van der Waals surface area (Å²) in [7, 11) is 0. The number of amides is 1. The summed E-state index contributed by atoms with van der Waals surface area (Å²) in [5.41, 5.74) is 3.47. The number of carbonyl (C=O) groups excluding carboxylic acids is 1. The van der Waals surface area contributed by atoms with Gasteiger partial charge in [-0.25, -0.2) is 0 Å². The van der Waals surface area contributed by atoms with Gasteiger partial charge in [0.2, 0.25) is 5.91 Å². The van der Waals surface area contributed by atoms with Gasteiger partial charge in [0.1, 0.15) is 0 Å². The van der Waals surface area contributed by atoms with Crippen molar-refractivity contribution in [2.45, 2.75) is 52.0 Å². The summed E-state index contributed by atoms with van der Waals surface area (Å²) in [6.07, 6.45) is 0.572. The maximum absolute atomic E-state index is 11.7. The SMILES string of the molecule is Cc1cc(C)cc(C2(C)CC(=O)NC2(C)C)c1. The van der Waals surface area contributed by atoms with E-state index in [9.17, 15) is 4.79 Å². The van der Waals surface area contributed by atoms with Gasteiger partial charge in [-0.1, -0.05) is 36.2 Å². The van der Waals surface area contributed by atoms with Crippen LogP contribution in [-0.2, 0) is 10.2 Å². The zero-order valence-electron chi connectivity index (χ0n) is 11.3. The average molecular weight is 231 g/mol. The van der Waals surface area contributed by atoms with Crippen molar-refractivity contribution in [3.63, 3.8) is 0 Å². The topological polar surface area (TPSA) is 29.1 Å². The van der Waals surface area contributed by atoms with Crippen LogP contribution in [0.1, 0.15) is 43.9 Å². The van der Waals surface area contributed by atoms with Crippen LogP contribution in [0.4, 0.5) is 0 Å². The highest BCUT2D eigenvalue weighted by Crippen LogP contribution is 2.42. The monoisotopic (exact) mass is 231 g/mol. The number of aryl methyl sites for hydroxylation is 2. The molecule has 0 aromatic heterocycles. The van der Waals surface area contributed by atoms with Crippen molar-refractivity contribution >= 4 is 5.91 Å². The Morgan fingerprint density at radius 1 is 1.06 bits per heavy atom. The minimum Gasteiger partial charge on any atom is -0.350 e. The van der Waals surface area contributed by atoms with Gasteiger partial charge in [0.15, 0.2) is 0 Å². The first kappa shape index (κ1) is 12.2. The van der Waals surface area contributed by atoms with Crippen LogP contribution in [0.25, 0.3) is 0 Å². The summed E-state index contributed by atoms with van der Waals surface area (Å²) in [4.78, 5) is 11.7. The summed E-state index contributed by atoms with van der Waals surface area (Å²) in [6.45, 7) is 10.6. The molecule has 1 aliphatic heterocycles. The molecule has 1 aromatic carbocycles. The van der Waals surface area contributed by atoms with Gasteiger partial charge >= 0.3 is 0 Å². The number of benzene rings is 1. The first-order valence-electron chi connectivity index (χ1n) is 6.14. The first-order chi connectivity index (χ1) is 7.74. The lowest BCUT2D eigenvalue weighted by molar-refractivity contribution is -0.119. The van der Waals surface area contributed by atoms with Crippen LogP contribution in [0.2, 0.25) is 0 Å². The van der Waals surface area contributed by atoms with E-state index in [1.165, 1.54) is 16.7 Å². The van der Waals surface area contributed by atoms with Gasteiger partial charge in [-0.3, -0.25) is 4.79 Å². The molecule has 1 atom stereocenters. The Labute approximate surface area is 103 Å². The van der Waals surface area contributed by atoms with E-state index in [1.807, 2.05) is 0 Å². The number of rotatable bonds is 1. The third-order valence-corrected chi connectivity index (χ3v) is 4.20. The molecule has 1 aliphatic rings. The van der Waals surface area contributed by atoms with E-state index in [1.54, 1.807) is 0 Å². The predicted molar refractivity (Wildman–Crippen MR) is 70.1 cm³/mol. The molecule has 1 N–H and O–H groups in total.